The quantitative estimate of drug-likeness (QED) is 0.575. The number of nitrogens with zero attached hydrogens (tertiary/aromatic N) is 2. The number of nitrogens with one attached hydrogen (secondary N) is 2. The van der Waals surface area contributed by atoms with Crippen molar-refractivity contribution in [1.29, 1.82) is 0 Å². The molecular weight excluding hydrogens is 396 g/mol. The lowest BCUT2D eigenvalue weighted by Crippen LogP contribution is -2.35. The minimum Gasteiger partial charge on any atom is -0.496 e. The van der Waals surface area contributed by atoms with E-state index in [0.29, 0.717) is 17.9 Å². The molecule has 0 bridgehead atoms. The Morgan fingerprint density at radius 3 is 2.74 bits per heavy atom. The van der Waals surface area contributed by atoms with Crippen molar-refractivity contribution in [2.24, 2.45) is 7.05 Å². The summed E-state index contributed by atoms with van der Waals surface area (Å²) in [6.45, 7) is 0.215. The smallest absolute Gasteiger partial charge is 0.324 e. The van der Waals surface area contributed by atoms with E-state index in [9.17, 15) is 14.4 Å². The van der Waals surface area contributed by atoms with Gasteiger partial charge in [-0.25, -0.2) is 4.79 Å². The Balaban J connectivity index is 1.38. The van der Waals surface area contributed by atoms with Crippen molar-refractivity contribution in [3.05, 3.63) is 60.3 Å². The number of para-hydroxylation sites is 1. The SMILES string of the molecule is COc1ccccc1CCN1C(=O)NC(CC(=O)Nc2cccc3c2ccn3C)C1=O. The number of hydrogen-bond acceptors (Lipinski definition) is 4. The number of hydrogen-bond donors (Lipinski definition) is 2. The number of amides is 4. The second-order valence-electron chi connectivity index (χ2n) is 7.47. The van der Waals surface area contributed by atoms with Crippen molar-refractivity contribution in [1.82, 2.24) is 14.8 Å². The molecule has 1 aromatic heterocycles. The number of fused-ring (bicyclic) bond motifs is 1. The molecule has 4 rings (SSSR count). The van der Waals surface area contributed by atoms with Crippen LogP contribution in [0.5, 0.6) is 5.75 Å². The van der Waals surface area contributed by atoms with Gasteiger partial charge < -0.3 is 19.9 Å². The van der Waals surface area contributed by atoms with E-state index >= 15 is 0 Å². The van der Waals surface area contributed by atoms with Gasteiger partial charge in [-0.3, -0.25) is 14.5 Å². The number of urea groups is 1. The molecule has 0 aliphatic carbocycles. The molecule has 1 aliphatic heterocycles. The molecule has 31 heavy (non-hydrogen) atoms. The number of aryl methyl sites for hydroxylation is 1. The van der Waals surface area contributed by atoms with Crippen molar-refractivity contribution >= 4 is 34.4 Å². The largest absolute Gasteiger partial charge is 0.496 e. The number of benzene rings is 2. The number of ether oxygens (including phenoxy) is 1. The van der Waals surface area contributed by atoms with Gasteiger partial charge in [-0.1, -0.05) is 24.3 Å². The number of anilines is 1. The van der Waals surface area contributed by atoms with E-state index in [1.165, 1.54) is 0 Å². The molecule has 2 heterocycles. The highest BCUT2D eigenvalue weighted by Gasteiger charge is 2.38. The first kappa shape index (κ1) is 20.5. The van der Waals surface area contributed by atoms with E-state index in [-0.39, 0.29) is 18.9 Å². The first-order valence-corrected chi connectivity index (χ1v) is 10.1. The summed E-state index contributed by atoms with van der Waals surface area (Å²) in [6.07, 6.45) is 2.26. The summed E-state index contributed by atoms with van der Waals surface area (Å²) in [4.78, 5) is 38.8. The Kier molecular flexibility index (Phi) is 5.62. The molecule has 8 nitrogen and oxygen atoms in total. The molecule has 3 aromatic rings. The van der Waals surface area contributed by atoms with Gasteiger partial charge in [-0.15, -0.1) is 0 Å². The maximum atomic E-state index is 12.7. The fourth-order valence-electron chi connectivity index (χ4n) is 3.87. The Hall–Kier alpha value is -3.81. The van der Waals surface area contributed by atoms with Crippen molar-refractivity contribution in [2.75, 3.05) is 19.0 Å². The van der Waals surface area contributed by atoms with Gasteiger partial charge in [-0.05, 0) is 36.2 Å². The van der Waals surface area contributed by atoms with Crippen LogP contribution in [0.15, 0.2) is 54.7 Å². The number of methoxy groups -OCH3 is 1. The second kappa shape index (κ2) is 8.51. The highest BCUT2D eigenvalue weighted by molar-refractivity contribution is 6.08. The average Bonchev–Trinajstić information content (AvgIpc) is 3.27. The van der Waals surface area contributed by atoms with Crippen LogP contribution in [0, 0.1) is 0 Å². The van der Waals surface area contributed by atoms with Gasteiger partial charge >= 0.3 is 6.03 Å². The van der Waals surface area contributed by atoms with Crippen LogP contribution in [0.3, 0.4) is 0 Å². The predicted molar refractivity (Wildman–Crippen MR) is 117 cm³/mol. The lowest BCUT2D eigenvalue weighted by Gasteiger charge is -2.14. The van der Waals surface area contributed by atoms with Crippen molar-refractivity contribution < 1.29 is 19.1 Å². The second-order valence-corrected chi connectivity index (χ2v) is 7.47. The first-order valence-electron chi connectivity index (χ1n) is 10.1. The fraction of sp³-hybridized carbons (Fsp3) is 0.261. The zero-order valence-electron chi connectivity index (χ0n) is 17.4. The van der Waals surface area contributed by atoms with Crippen LogP contribution in [0.1, 0.15) is 12.0 Å². The number of rotatable bonds is 7. The molecule has 0 spiro atoms. The minimum atomic E-state index is -0.875. The molecule has 2 N–H and O–H groups in total. The van der Waals surface area contributed by atoms with Crippen LogP contribution in [0.4, 0.5) is 10.5 Å². The molecule has 1 atom stereocenters. The maximum Gasteiger partial charge on any atom is 0.324 e. The van der Waals surface area contributed by atoms with E-state index < -0.39 is 18.0 Å². The molecule has 1 fully saturated rings. The van der Waals surface area contributed by atoms with Gasteiger partial charge in [0.15, 0.2) is 0 Å². The van der Waals surface area contributed by atoms with E-state index in [2.05, 4.69) is 10.6 Å². The van der Waals surface area contributed by atoms with E-state index in [4.69, 9.17) is 4.74 Å². The van der Waals surface area contributed by atoms with Gasteiger partial charge in [0, 0.05) is 30.7 Å². The Morgan fingerprint density at radius 1 is 1.13 bits per heavy atom. The average molecular weight is 420 g/mol. The molecule has 1 unspecified atom stereocenters. The molecule has 2 aromatic carbocycles. The third-order valence-corrected chi connectivity index (χ3v) is 5.50. The molecule has 160 valence electrons. The van der Waals surface area contributed by atoms with Gasteiger partial charge in [0.2, 0.25) is 5.91 Å². The molecule has 1 saturated heterocycles. The first-order chi connectivity index (χ1) is 15.0. The molecule has 1 aliphatic rings. The minimum absolute atomic E-state index is 0.126. The van der Waals surface area contributed by atoms with Crippen LogP contribution in [-0.4, -0.2) is 47.0 Å². The summed E-state index contributed by atoms with van der Waals surface area (Å²) in [6, 6.07) is 13.7. The molecule has 8 heteroatoms. The summed E-state index contributed by atoms with van der Waals surface area (Å²) < 4.78 is 7.28. The summed E-state index contributed by atoms with van der Waals surface area (Å²) in [5, 5.41) is 6.39. The lowest BCUT2D eigenvalue weighted by atomic mass is 10.1. The van der Waals surface area contributed by atoms with Crippen molar-refractivity contribution in [3.8, 4) is 5.75 Å². The van der Waals surface area contributed by atoms with E-state index in [0.717, 1.165) is 21.4 Å². The number of aromatic nitrogens is 1. The number of carbonyl (C=O) groups excluding carboxylic acids is 3. The number of imide groups is 1. The molecular formula is C23H24N4O4. The standard InChI is InChI=1S/C23H24N4O4/c1-26-12-11-16-17(7-5-8-19(16)26)24-21(28)14-18-22(29)27(23(30)25-18)13-10-15-6-3-4-9-20(15)31-2/h3-9,11-12,18H,10,13-14H2,1-2H3,(H,24,28)(H,25,30). The zero-order valence-corrected chi connectivity index (χ0v) is 17.4. The molecule has 0 radical (unpaired) electrons. The topological polar surface area (TPSA) is 92.7 Å². The Morgan fingerprint density at radius 2 is 1.94 bits per heavy atom. The van der Waals surface area contributed by atoms with Crippen molar-refractivity contribution in [3.63, 3.8) is 0 Å². The van der Waals surface area contributed by atoms with Gasteiger partial charge in [0.1, 0.15) is 11.8 Å². The Bertz CT molecular complexity index is 1150. The van der Waals surface area contributed by atoms with Crippen LogP contribution in [-0.2, 0) is 23.1 Å². The fourth-order valence-corrected chi connectivity index (χ4v) is 3.87. The highest BCUT2D eigenvalue weighted by Crippen LogP contribution is 2.24. The number of carbonyl (C=O) groups is 3. The zero-order chi connectivity index (χ0) is 22.0. The maximum absolute atomic E-state index is 12.7. The lowest BCUT2D eigenvalue weighted by molar-refractivity contribution is -0.129. The Labute approximate surface area is 179 Å². The van der Waals surface area contributed by atoms with Gasteiger partial charge in [0.05, 0.1) is 19.2 Å². The van der Waals surface area contributed by atoms with Gasteiger partial charge in [0.25, 0.3) is 5.91 Å². The van der Waals surface area contributed by atoms with Gasteiger partial charge in [-0.2, -0.15) is 0 Å². The van der Waals surface area contributed by atoms with E-state index in [1.807, 2.05) is 66.3 Å². The van der Waals surface area contributed by atoms with Crippen LogP contribution in [0.25, 0.3) is 10.9 Å². The summed E-state index contributed by atoms with van der Waals surface area (Å²) >= 11 is 0. The van der Waals surface area contributed by atoms with Crippen LogP contribution >= 0.6 is 0 Å². The third-order valence-electron chi connectivity index (χ3n) is 5.50. The van der Waals surface area contributed by atoms with E-state index in [1.54, 1.807) is 7.11 Å². The van der Waals surface area contributed by atoms with Crippen LogP contribution in [0.2, 0.25) is 0 Å². The monoisotopic (exact) mass is 420 g/mol. The summed E-state index contributed by atoms with van der Waals surface area (Å²) in [7, 11) is 3.51. The normalized spacial score (nSPS) is 15.9. The third kappa shape index (κ3) is 4.09. The highest BCUT2D eigenvalue weighted by atomic mass is 16.5. The summed E-state index contributed by atoms with van der Waals surface area (Å²) in [5.74, 6) is -0.0184. The predicted octanol–water partition coefficient (Wildman–Crippen LogP) is 2.68. The van der Waals surface area contributed by atoms with Crippen molar-refractivity contribution in [2.45, 2.75) is 18.9 Å². The van der Waals surface area contributed by atoms with Crippen LogP contribution < -0.4 is 15.4 Å². The molecule has 0 saturated carbocycles. The summed E-state index contributed by atoms with van der Waals surface area (Å²) in [5.41, 5.74) is 2.57. The molecule has 4 amide bonds.